The van der Waals surface area contributed by atoms with E-state index >= 15 is 0 Å². The molecule has 7 heteroatoms. The molecule has 0 amide bonds. The Bertz CT molecular complexity index is 552. The Labute approximate surface area is 120 Å². The monoisotopic (exact) mass is 302 g/mol. The molecule has 0 saturated heterocycles. The average Bonchev–Trinajstić information content (AvgIpc) is 3.16. The number of halogens is 3. The number of carbonyl (C=O) groups is 1. The molecular weight excluding hydrogens is 285 g/mol. The predicted octanol–water partition coefficient (Wildman–Crippen LogP) is 3.65. The van der Waals surface area contributed by atoms with Crippen molar-refractivity contribution in [3.63, 3.8) is 0 Å². The van der Waals surface area contributed by atoms with Crippen LogP contribution in [0.15, 0.2) is 12.1 Å². The maximum atomic E-state index is 12.7. The second-order valence-corrected chi connectivity index (χ2v) is 5.77. The molecule has 1 aliphatic carbocycles. The molecule has 1 heterocycles. The maximum Gasteiger partial charge on any atom is 0.433 e. The van der Waals surface area contributed by atoms with Crippen molar-refractivity contribution in [2.24, 2.45) is 11.3 Å². The zero-order valence-electron chi connectivity index (χ0n) is 11.8. The molecule has 0 unspecified atom stereocenters. The van der Waals surface area contributed by atoms with Crippen LogP contribution in [0.2, 0.25) is 0 Å². The number of nitrogens with zero attached hydrogens (tertiary/aromatic N) is 1. The first-order valence-corrected chi connectivity index (χ1v) is 6.71. The molecule has 1 aliphatic rings. The smallest absolute Gasteiger partial charge is 0.433 e. The van der Waals surface area contributed by atoms with Gasteiger partial charge in [-0.25, -0.2) is 9.78 Å². The Morgan fingerprint density at radius 1 is 1.43 bits per heavy atom. The predicted molar refractivity (Wildman–Crippen MR) is 71.2 cm³/mol. The van der Waals surface area contributed by atoms with Crippen LogP contribution in [-0.2, 0) is 6.18 Å². The Kier molecular flexibility index (Phi) is 3.86. The number of carboxylic acid groups (broad SMARTS) is 1. The van der Waals surface area contributed by atoms with Crippen LogP contribution >= 0.6 is 0 Å². The molecule has 0 spiro atoms. The van der Waals surface area contributed by atoms with E-state index in [-0.39, 0.29) is 16.8 Å². The first kappa shape index (κ1) is 15.6. The molecule has 116 valence electrons. The first-order valence-electron chi connectivity index (χ1n) is 6.71. The molecule has 2 N–H and O–H groups in total. The third kappa shape index (κ3) is 3.28. The molecule has 1 saturated carbocycles. The van der Waals surface area contributed by atoms with Crippen LogP contribution in [0, 0.1) is 11.3 Å². The number of nitrogens with one attached hydrogen (secondary N) is 1. The summed E-state index contributed by atoms with van der Waals surface area (Å²) in [5.74, 6) is -1.14. The van der Waals surface area contributed by atoms with E-state index in [0.29, 0.717) is 18.5 Å². The number of alkyl halides is 3. The Morgan fingerprint density at radius 2 is 2.05 bits per heavy atom. The van der Waals surface area contributed by atoms with Crippen LogP contribution in [0.25, 0.3) is 0 Å². The van der Waals surface area contributed by atoms with Crippen molar-refractivity contribution < 1.29 is 23.1 Å². The summed E-state index contributed by atoms with van der Waals surface area (Å²) in [6.45, 7) is 4.53. The van der Waals surface area contributed by atoms with Gasteiger partial charge in [0.15, 0.2) is 0 Å². The van der Waals surface area contributed by atoms with Crippen LogP contribution < -0.4 is 5.32 Å². The van der Waals surface area contributed by atoms with Crippen molar-refractivity contribution in [2.45, 2.75) is 32.9 Å². The summed E-state index contributed by atoms with van der Waals surface area (Å²) in [6.07, 6.45) is -2.62. The molecule has 1 aromatic heterocycles. The van der Waals surface area contributed by atoms with Gasteiger partial charge in [0.25, 0.3) is 0 Å². The standard InChI is InChI=1S/C14H17F3N2O2/c1-8(2)13(5-6-13)7-18-11-9(12(20)21)3-4-10(19-11)14(15,16)17/h3-4,8H,5-7H2,1-2H3,(H,18,19)(H,20,21). The summed E-state index contributed by atoms with van der Waals surface area (Å²) < 4.78 is 38.0. The highest BCUT2D eigenvalue weighted by atomic mass is 19.4. The van der Waals surface area contributed by atoms with Crippen molar-refractivity contribution in [2.75, 3.05) is 11.9 Å². The molecule has 1 aromatic rings. The topological polar surface area (TPSA) is 62.2 Å². The first-order chi connectivity index (χ1) is 9.66. The molecule has 0 aromatic carbocycles. The minimum atomic E-state index is -4.59. The molecule has 21 heavy (non-hydrogen) atoms. The van der Waals surface area contributed by atoms with E-state index in [4.69, 9.17) is 5.11 Å². The van der Waals surface area contributed by atoms with Gasteiger partial charge in [-0.1, -0.05) is 13.8 Å². The lowest BCUT2D eigenvalue weighted by atomic mass is 9.92. The Morgan fingerprint density at radius 3 is 2.48 bits per heavy atom. The van der Waals surface area contributed by atoms with Crippen molar-refractivity contribution in [3.05, 3.63) is 23.4 Å². The van der Waals surface area contributed by atoms with E-state index in [2.05, 4.69) is 10.3 Å². The summed E-state index contributed by atoms with van der Waals surface area (Å²) in [5, 5.41) is 11.9. The van der Waals surface area contributed by atoms with Gasteiger partial charge in [0.05, 0.1) is 0 Å². The fourth-order valence-electron chi connectivity index (χ4n) is 2.30. The molecule has 0 atom stereocenters. The highest BCUT2D eigenvalue weighted by Gasteiger charge is 2.45. The van der Waals surface area contributed by atoms with E-state index < -0.39 is 17.8 Å². The number of aromatic nitrogens is 1. The van der Waals surface area contributed by atoms with Crippen molar-refractivity contribution >= 4 is 11.8 Å². The lowest BCUT2D eigenvalue weighted by Crippen LogP contribution is -2.23. The normalized spacial score (nSPS) is 16.9. The molecule has 0 radical (unpaired) electrons. The van der Waals surface area contributed by atoms with Gasteiger partial charge >= 0.3 is 12.1 Å². The van der Waals surface area contributed by atoms with E-state index in [0.717, 1.165) is 18.9 Å². The van der Waals surface area contributed by atoms with Gasteiger partial charge in [-0.3, -0.25) is 0 Å². The summed E-state index contributed by atoms with van der Waals surface area (Å²) in [6, 6.07) is 1.62. The maximum absolute atomic E-state index is 12.7. The number of hydrogen-bond acceptors (Lipinski definition) is 3. The quantitative estimate of drug-likeness (QED) is 0.871. The number of carboxylic acids is 1. The average molecular weight is 302 g/mol. The van der Waals surface area contributed by atoms with Crippen LogP contribution in [-0.4, -0.2) is 22.6 Å². The van der Waals surface area contributed by atoms with Gasteiger partial charge in [0.2, 0.25) is 0 Å². The third-order valence-corrected chi connectivity index (χ3v) is 4.14. The zero-order chi connectivity index (χ0) is 15.8. The van der Waals surface area contributed by atoms with E-state index in [1.807, 2.05) is 13.8 Å². The lowest BCUT2D eigenvalue weighted by Gasteiger charge is -2.21. The summed E-state index contributed by atoms with van der Waals surface area (Å²) >= 11 is 0. The van der Waals surface area contributed by atoms with Gasteiger partial charge in [-0.05, 0) is 36.3 Å². The summed E-state index contributed by atoms with van der Waals surface area (Å²) in [5.41, 5.74) is -1.31. The van der Waals surface area contributed by atoms with Gasteiger partial charge in [0.1, 0.15) is 17.1 Å². The van der Waals surface area contributed by atoms with Gasteiger partial charge in [-0.2, -0.15) is 13.2 Å². The Hall–Kier alpha value is -1.79. The van der Waals surface area contributed by atoms with E-state index in [9.17, 15) is 18.0 Å². The van der Waals surface area contributed by atoms with Crippen molar-refractivity contribution in [3.8, 4) is 0 Å². The van der Waals surface area contributed by atoms with E-state index in [1.54, 1.807) is 0 Å². The number of hydrogen-bond donors (Lipinski definition) is 2. The van der Waals surface area contributed by atoms with Gasteiger partial charge in [-0.15, -0.1) is 0 Å². The van der Waals surface area contributed by atoms with Crippen LogP contribution in [0.3, 0.4) is 0 Å². The Balaban J connectivity index is 2.25. The van der Waals surface area contributed by atoms with Crippen LogP contribution in [0.5, 0.6) is 0 Å². The largest absolute Gasteiger partial charge is 0.478 e. The van der Waals surface area contributed by atoms with E-state index in [1.165, 1.54) is 0 Å². The number of aromatic carboxylic acids is 1. The molecule has 2 rings (SSSR count). The molecule has 0 bridgehead atoms. The van der Waals surface area contributed by atoms with Crippen molar-refractivity contribution in [1.82, 2.24) is 4.98 Å². The number of anilines is 1. The van der Waals surface area contributed by atoms with Crippen LogP contribution in [0.1, 0.15) is 42.7 Å². The zero-order valence-corrected chi connectivity index (χ0v) is 11.8. The number of rotatable bonds is 5. The molecule has 4 nitrogen and oxygen atoms in total. The molecule has 0 aliphatic heterocycles. The second kappa shape index (κ2) is 5.20. The number of pyridine rings is 1. The minimum Gasteiger partial charge on any atom is -0.478 e. The van der Waals surface area contributed by atoms with Gasteiger partial charge in [0, 0.05) is 6.54 Å². The highest BCUT2D eigenvalue weighted by Crippen LogP contribution is 2.51. The lowest BCUT2D eigenvalue weighted by molar-refractivity contribution is -0.141. The third-order valence-electron chi connectivity index (χ3n) is 4.14. The van der Waals surface area contributed by atoms with Crippen LogP contribution in [0.4, 0.5) is 19.0 Å². The minimum absolute atomic E-state index is 0.0334. The van der Waals surface area contributed by atoms with Gasteiger partial charge < -0.3 is 10.4 Å². The molecule has 1 fully saturated rings. The fraction of sp³-hybridized carbons (Fsp3) is 0.571. The SMILES string of the molecule is CC(C)C1(CNc2nc(C(F)(F)F)ccc2C(=O)O)CC1. The second-order valence-electron chi connectivity index (χ2n) is 5.77. The van der Waals surface area contributed by atoms with Crippen molar-refractivity contribution in [1.29, 1.82) is 0 Å². The molecular formula is C14H17F3N2O2. The summed E-state index contributed by atoms with van der Waals surface area (Å²) in [7, 11) is 0. The fourth-order valence-corrected chi connectivity index (χ4v) is 2.30. The summed E-state index contributed by atoms with van der Waals surface area (Å²) in [4.78, 5) is 14.5. The highest BCUT2D eigenvalue weighted by molar-refractivity contribution is 5.93.